The predicted molar refractivity (Wildman–Crippen MR) is 113 cm³/mol. The van der Waals surface area contributed by atoms with Crippen molar-refractivity contribution in [3.8, 4) is 5.75 Å². The van der Waals surface area contributed by atoms with Crippen molar-refractivity contribution in [2.45, 2.75) is 13.5 Å². The lowest BCUT2D eigenvalue weighted by Crippen LogP contribution is -1.99. The highest BCUT2D eigenvalue weighted by Crippen LogP contribution is 2.28. The zero-order chi connectivity index (χ0) is 18.5. The van der Waals surface area contributed by atoms with Gasteiger partial charge in [0, 0.05) is 31.9 Å². The fourth-order valence-electron chi connectivity index (χ4n) is 2.40. The molecule has 0 saturated heterocycles. The van der Waals surface area contributed by atoms with Gasteiger partial charge < -0.3 is 4.74 Å². The Labute approximate surface area is 171 Å². The van der Waals surface area contributed by atoms with E-state index in [0.29, 0.717) is 16.7 Å². The molecule has 0 spiro atoms. The van der Waals surface area contributed by atoms with Gasteiger partial charge in [-0.2, -0.15) is 0 Å². The Morgan fingerprint density at radius 1 is 1.00 bits per heavy atom. The monoisotopic (exact) mass is 447 g/mol. The molecule has 3 aromatic rings. The highest BCUT2D eigenvalue weighted by Gasteiger charge is 2.06. The van der Waals surface area contributed by atoms with E-state index in [4.69, 9.17) is 27.9 Å². The van der Waals surface area contributed by atoms with E-state index >= 15 is 0 Å². The van der Waals surface area contributed by atoms with Crippen LogP contribution in [-0.4, -0.2) is 6.21 Å². The largest absolute Gasteiger partial charge is 0.488 e. The molecule has 0 amide bonds. The summed E-state index contributed by atoms with van der Waals surface area (Å²) in [7, 11) is 0. The maximum Gasteiger partial charge on any atom is 0.128 e. The van der Waals surface area contributed by atoms with Crippen LogP contribution in [0.25, 0.3) is 0 Å². The van der Waals surface area contributed by atoms with Gasteiger partial charge in [-0.25, -0.2) is 0 Å². The highest BCUT2D eigenvalue weighted by atomic mass is 79.9. The minimum atomic E-state index is 0.387. The molecule has 0 saturated carbocycles. The van der Waals surface area contributed by atoms with Crippen LogP contribution in [0.4, 0.5) is 5.69 Å². The van der Waals surface area contributed by atoms with E-state index in [2.05, 4.69) is 20.9 Å². The summed E-state index contributed by atoms with van der Waals surface area (Å²) in [6.45, 7) is 2.34. The summed E-state index contributed by atoms with van der Waals surface area (Å²) in [5, 5.41) is 1.39. The van der Waals surface area contributed by atoms with Gasteiger partial charge in [-0.1, -0.05) is 63.4 Å². The molecule has 0 aliphatic carbocycles. The molecular formula is C21H16BrCl2NO. The maximum atomic E-state index is 6.20. The van der Waals surface area contributed by atoms with Crippen molar-refractivity contribution in [1.82, 2.24) is 0 Å². The zero-order valence-electron chi connectivity index (χ0n) is 14.0. The number of rotatable bonds is 5. The first kappa shape index (κ1) is 19.0. The van der Waals surface area contributed by atoms with Crippen LogP contribution in [0.2, 0.25) is 10.0 Å². The molecular weight excluding hydrogens is 433 g/mol. The molecule has 3 aromatic carbocycles. The van der Waals surface area contributed by atoms with Gasteiger partial charge in [0.2, 0.25) is 0 Å². The second-order valence-corrected chi connectivity index (χ2v) is 7.43. The van der Waals surface area contributed by atoms with E-state index in [1.807, 2.05) is 67.6 Å². The van der Waals surface area contributed by atoms with Crippen molar-refractivity contribution in [2.24, 2.45) is 4.99 Å². The van der Waals surface area contributed by atoms with Gasteiger partial charge in [0.05, 0.1) is 5.69 Å². The van der Waals surface area contributed by atoms with Gasteiger partial charge in [-0.3, -0.25) is 4.99 Å². The molecule has 0 fully saturated rings. The summed E-state index contributed by atoms with van der Waals surface area (Å²) < 4.78 is 6.93. The van der Waals surface area contributed by atoms with Crippen molar-refractivity contribution >= 4 is 51.0 Å². The third-order valence-electron chi connectivity index (χ3n) is 3.89. The second-order valence-electron chi connectivity index (χ2n) is 5.70. The molecule has 0 bridgehead atoms. The molecule has 0 heterocycles. The molecule has 0 N–H and O–H groups in total. The average Bonchev–Trinajstić information content (AvgIpc) is 2.63. The zero-order valence-corrected chi connectivity index (χ0v) is 17.1. The van der Waals surface area contributed by atoms with Crippen molar-refractivity contribution in [2.75, 3.05) is 0 Å². The molecule has 132 valence electrons. The molecule has 0 radical (unpaired) electrons. The van der Waals surface area contributed by atoms with Crippen molar-refractivity contribution in [3.63, 3.8) is 0 Å². The van der Waals surface area contributed by atoms with Crippen LogP contribution in [0.15, 0.2) is 70.1 Å². The molecule has 26 heavy (non-hydrogen) atoms. The SMILES string of the molecule is Cc1c(Cl)cccc1N=Cc1cc(Br)ccc1OCc1ccccc1Cl. The summed E-state index contributed by atoms with van der Waals surface area (Å²) in [5.41, 5.74) is 3.57. The van der Waals surface area contributed by atoms with Gasteiger partial charge in [0.25, 0.3) is 0 Å². The molecule has 0 unspecified atom stereocenters. The molecule has 2 nitrogen and oxygen atoms in total. The second kappa shape index (κ2) is 8.72. The Kier molecular flexibility index (Phi) is 6.36. The maximum absolute atomic E-state index is 6.20. The number of hydrogen-bond donors (Lipinski definition) is 0. The van der Waals surface area contributed by atoms with Gasteiger partial charge >= 0.3 is 0 Å². The van der Waals surface area contributed by atoms with E-state index < -0.39 is 0 Å². The molecule has 3 rings (SSSR count). The van der Waals surface area contributed by atoms with E-state index in [-0.39, 0.29) is 0 Å². The van der Waals surface area contributed by atoms with Crippen LogP contribution in [-0.2, 0) is 6.61 Å². The van der Waals surface area contributed by atoms with Crippen molar-refractivity contribution < 1.29 is 4.74 Å². The Balaban J connectivity index is 1.85. The van der Waals surface area contributed by atoms with Gasteiger partial charge in [-0.15, -0.1) is 0 Å². The lowest BCUT2D eigenvalue weighted by molar-refractivity contribution is 0.306. The van der Waals surface area contributed by atoms with E-state index in [9.17, 15) is 0 Å². The summed E-state index contributed by atoms with van der Waals surface area (Å²) >= 11 is 15.9. The number of halogens is 3. The fraction of sp³-hybridized carbons (Fsp3) is 0.0952. The molecule has 5 heteroatoms. The van der Waals surface area contributed by atoms with E-state index in [1.165, 1.54) is 0 Å². The summed E-state index contributed by atoms with van der Waals surface area (Å²) in [4.78, 5) is 4.57. The Morgan fingerprint density at radius 3 is 2.58 bits per heavy atom. The van der Waals surface area contributed by atoms with Crippen LogP contribution in [0.3, 0.4) is 0 Å². The standard InChI is InChI=1S/C21H16BrCl2NO/c1-14-18(23)7-4-8-20(14)25-12-16-11-17(22)9-10-21(16)26-13-15-5-2-3-6-19(15)24/h2-12H,13H2,1H3. The molecule has 0 aromatic heterocycles. The van der Waals surface area contributed by atoms with Gasteiger partial charge in [0.1, 0.15) is 12.4 Å². The Hall–Kier alpha value is -1.81. The molecule has 0 aliphatic heterocycles. The lowest BCUT2D eigenvalue weighted by atomic mass is 10.2. The van der Waals surface area contributed by atoms with Gasteiger partial charge in [0.15, 0.2) is 0 Å². The summed E-state index contributed by atoms with van der Waals surface area (Å²) in [5.74, 6) is 0.733. The van der Waals surface area contributed by atoms with E-state index in [0.717, 1.165) is 32.6 Å². The lowest BCUT2D eigenvalue weighted by Gasteiger charge is -2.11. The van der Waals surface area contributed by atoms with Crippen LogP contribution in [0, 0.1) is 6.92 Å². The summed E-state index contributed by atoms with van der Waals surface area (Å²) in [6, 6.07) is 19.1. The molecule has 0 aliphatic rings. The van der Waals surface area contributed by atoms with Crippen molar-refractivity contribution in [3.05, 3.63) is 91.9 Å². The van der Waals surface area contributed by atoms with Crippen LogP contribution in [0.1, 0.15) is 16.7 Å². The predicted octanol–water partition coefficient (Wildman–Crippen LogP) is 7.39. The summed E-state index contributed by atoms with van der Waals surface area (Å²) in [6.07, 6.45) is 1.78. The average molecular weight is 449 g/mol. The van der Waals surface area contributed by atoms with Gasteiger partial charge in [-0.05, 0) is 48.9 Å². The first-order valence-corrected chi connectivity index (χ1v) is 9.54. The van der Waals surface area contributed by atoms with E-state index in [1.54, 1.807) is 6.21 Å². The quantitative estimate of drug-likeness (QED) is 0.372. The first-order valence-electron chi connectivity index (χ1n) is 7.99. The normalized spacial score (nSPS) is 11.1. The smallest absolute Gasteiger partial charge is 0.128 e. The van der Waals surface area contributed by atoms with Crippen LogP contribution in [0.5, 0.6) is 5.75 Å². The Morgan fingerprint density at radius 2 is 1.77 bits per heavy atom. The third kappa shape index (κ3) is 4.67. The number of ether oxygens (including phenoxy) is 1. The topological polar surface area (TPSA) is 21.6 Å². The number of aliphatic imine (C=N–C) groups is 1. The Bertz CT molecular complexity index is 956. The minimum absolute atomic E-state index is 0.387. The van der Waals surface area contributed by atoms with Crippen molar-refractivity contribution in [1.29, 1.82) is 0 Å². The molecule has 0 atom stereocenters. The number of benzene rings is 3. The number of hydrogen-bond acceptors (Lipinski definition) is 2. The third-order valence-corrected chi connectivity index (χ3v) is 5.17. The highest BCUT2D eigenvalue weighted by molar-refractivity contribution is 9.10. The number of nitrogens with zero attached hydrogens (tertiary/aromatic N) is 1. The fourth-order valence-corrected chi connectivity index (χ4v) is 3.14. The van der Waals surface area contributed by atoms with Crippen LogP contribution < -0.4 is 4.74 Å². The van der Waals surface area contributed by atoms with Crippen LogP contribution >= 0.6 is 39.1 Å². The first-order chi connectivity index (χ1) is 12.5. The minimum Gasteiger partial charge on any atom is -0.488 e.